The number of carbonyl (C=O) groups excluding carboxylic acids is 1. The zero-order valence-electron chi connectivity index (χ0n) is 12.2. The molecule has 0 aliphatic heterocycles. The van der Waals surface area contributed by atoms with Gasteiger partial charge in [0, 0.05) is 12.0 Å². The number of nitrogens with zero attached hydrogens (tertiary/aromatic N) is 1. The van der Waals surface area contributed by atoms with Crippen LogP contribution >= 0.6 is 0 Å². The summed E-state index contributed by atoms with van der Waals surface area (Å²) in [7, 11) is 0. The number of aliphatic carboxylic acids is 1. The fourth-order valence-electron chi connectivity index (χ4n) is 2.03. The highest BCUT2D eigenvalue weighted by molar-refractivity contribution is 5.83. The standard InChI is InChI=1S/C14H22N2O4/c1-4-5-6-12(14(18)19)15-13(17)8-7-11-9(2)16-20-10(11)3/h12H,4-8H2,1-3H3,(H,15,17)(H,18,19). The van der Waals surface area contributed by atoms with Gasteiger partial charge in [-0.1, -0.05) is 24.9 Å². The smallest absolute Gasteiger partial charge is 0.326 e. The van der Waals surface area contributed by atoms with Crippen LogP contribution in [0.1, 0.15) is 49.6 Å². The van der Waals surface area contributed by atoms with Gasteiger partial charge in [-0.05, 0) is 26.7 Å². The highest BCUT2D eigenvalue weighted by Gasteiger charge is 2.19. The maximum atomic E-state index is 11.8. The molecule has 0 bridgehead atoms. The minimum atomic E-state index is -0.982. The van der Waals surface area contributed by atoms with Gasteiger partial charge in [0.15, 0.2) is 0 Å². The zero-order chi connectivity index (χ0) is 15.1. The number of carboxylic acids is 1. The summed E-state index contributed by atoms with van der Waals surface area (Å²) in [4.78, 5) is 22.9. The number of aromatic nitrogens is 1. The quantitative estimate of drug-likeness (QED) is 0.760. The van der Waals surface area contributed by atoms with Crippen LogP contribution in [0.15, 0.2) is 4.52 Å². The van der Waals surface area contributed by atoms with Crippen molar-refractivity contribution in [2.75, 3.05) is 0 Å². The van der Waals surface area contributed by atoms with Crippen molar-refractivity contribution in [1.29, 1.82) is 0 Å². The lowest BCUT2D eigenvalue weighted by molar-refractivity contribution is -0.142. The van der Waals surface area contributed by atoms with Gasteiger partial charge in [-0.2, -0.15) is 0 Å². The molecule has 2 N–H and O–H groups in total. The number of unbranched alkanes of at least 4 members (excludes halogenated alkanes) is 1. The van der Waals surface area contributed by atoms with Gasteiger partial charge >= 0.3 is 5.97 Å². The summed E-state index contributed by atoms with van der Waals surface area (Å²) in [5, 5.41) is 15.4. The summed E-state index contributed by atoms with van der Waals surface area (Å²) in [6.07, 6.45) is 2.88. The molecule has 0 aromatic carbocycles. The Morgan fingerprint density at radius 1 is 1.40 bits per heavy atom. The number of rotatable bonds is 8. The van der Waals surface area contributed by atoms with E-state index < -0.39 is 12.0 Å². The lowest BCUT2D eigenvalue weighted by Crippen LogP contribution is -2.40. The average Bonchev–Trinajstić information content (AvgIpc) is 2.71. The topological polar surface area (TPSA) is 92.4 Å². The van der Waals surface area contributed by atoms with Gasteiger partial charge in [0.2, 0.25) is 5.91 Å². The largest absolute Gasteiger partial charge is 0.480 e. The van der Waals surface area contributed by atoms with Crippen molar-refractivity contribution in [3.05, 3.63) is 17.0 Å². The van der Waals surface area contributed by atoms with Crippen molar-refractivity contribution >= 4 is 11.9 Å². The molecule has 0 fully saturated rings. The van der Waals surface area contributed by atoms with E-state index in [2.05, 4.69) is 10.5 Å². The molecule has 0 saturated heterocycles. The third-order valence-corrected chi connectivity index (χ3v) is 3.26. The van der Waals surface area contributed by atoms with Gasteiger partial charge in [0.05, 0.1) is 5.69 Å². The Balaban J connectivity index is 2.48. The van der Waals surface area contributed by atoms with E-state index in [0.717, 1.165) is 24.1 Å². The molecular formula is C14H22N2O4. The third kappa shape index (κ3) is 4.68. The van der Waals surface area contributed by atoms with E-state index in [-0.39, 0.29) is 12.3 Å². The predicted octanol–water partition coefficient (Wildman–Crippen LogP) is 1.98. The first kappa shape index (κ1) is 16.2. The lowest BCUT2D eigenvalue weighted by atomic mass is 10.1. The zero-order valence-corrected chi connectivity index (χ0v) is 12.2. The molecule has 1 aromatic rings. The van der Waals surface area contributed by atoms with Gasteiger partial charge in [0.1, 0.15) is 11.8 Å². The second-order valence-electron chi connectivity index (χ2n) is 4.90. The maximum Gasteiger partial charge on any atom is 0.326 e. The van der Waals surface area contributed by atoms with E-state index in [4.69, 9.17) is 9.63 Å². The van der Waals surface area contributed by atoms with Crippen LogP contribution in [0.3, 0.4) is 0 Å². The Hall–Kier alpha value is -1.85. The van der Waals surface area contributed by atoms with Gasteiger partial charge in [-0.25, -0.2) is 4.79 Å². The molecule has 112 valence electrons. The molecule has 6 nitrogen and oxygen atoms in total. The molecule has 1 aromatic heterocycles. The molecular weight excluding hydrogens is 260 g/mol. The Morgan fingerprint density at radius 2 is 2.10 bits per heavy atom. The van der Waals surface area contributed by atoms with Crippen molar-refractivity contribution < 1.29 is 19.2 Å². The minimum absolute atomic E-state index is 0.235. The summed E-state index contributed by atoms with van der Waals surface area (Å²) < 4.78 is 5.02. The summed E-state index contributed by atoms with van der Waals surface area (Å²) >= 11 is 0. The van der Waals surface area contributed by atoms with E-state index in [1.807, 2.05) is 13.8 Å². The van der Waals surface area contributed by atoms with Crippen molar-refractivity contribution in [3.8, 4) is 0 Å². The predicted molar refractivity (Wildman–Crippen MR) is 73.4 cm³/mol. The van der Waals surface area contributed by atoms with Crippen LogP contribution in [0.2, 0.25) is 0 Å². The van der Waals surface area contributed by atoms with Crippen molar-refractivity contribution in [2.45, 2.75) is 58.9 Å². The first-order chi connectivity index (χ1) is 9.45. The number of carbonyl (C=O) groups is 2. The van der Waals surface area contributed by atoms with Crippen LogP contribution < -0.4 is 5.32 Å². The van der Waals surface area contributed by atoms with Crippen LogP contribution in [0.25, 0.3) is 0 Å². The summed E-state index contributed by atoms with van der Waals surface area (Å²) in [6, 6.07) is -0.799. The molecule has 1 atom stereocenters. The summed E-state index contributed by atoms with van der Waals surface area (Å²) in [5.74, 6) is -0.534. The number of carboxylic acid groups (broad SMARTS) is 1. The first-order valence-corrected chi connectivity index (χ1v) is 6.89. The molecule has 6 heteroatoms. The number of nitrogens with one attached hydrogen (secondary N) is 1. The van der Waals surface area contributed by atoms with Crippen molar-refractivity contribution in [3.63, 3.8) is 0 Å². The molecule has 1 rings (SSSR count). The second kappa shape index (κ2) is 7.67. The molecule has 1 heterocycles. The van der Waals surface area contributed by atoms with E-state index >= 15 is 0 Å². The van der Waals surface area contributed by atoms with Crippen molar-refractivity contribution in [2.24, 2.45) is 0 Å². The molecule has 1 unspecified atom stereocenters. The highest BCUT2D eigenvalue weighted by atomic mass is 16.5. The number of hydrogen-bond donors (Lipinski definition) is 2. The van der Waals surface area contributed by atoms with Gasteiger partial charge in [-0.15, -0.1) is 0 Å². The molecule has 0 aliphatic rings. The van der Waals surface area contributed by atoms with Crippen LogP contribution in [0.4, 0.5) is 0 Å². The van der Waals surface area contributed by atoms with E-state index in [9.17, 15) is 9.59 Å². The average molecular weight is 282 g/mol. The maximum absolute atomic E-state index is 11.8. The van der Waals surface area contributed by atoms with Crippen LogP contribution in [-0.4, -0.2) is 28.2 Å². The Kier molecular flexibility index (Phi) is 6.21. The Labute approximate surface area is 118 Å². The first-order valence-electron chi connectivity index (χ1n) is 6.89. The molecule has 20 heavy (non-hydrogen) atoms. The van der Waals surface area contributed by atoms with Crippen LogP contribution in [0, 0.1) is 13.8 Å². The normalized spacial score (nSPS) is 12.2. The Bertz CT molecular complexity index is 448. The second-order valence-corrected chi connectivity index (χ2v) is 4.90. The fourth-order valence-corrected chi connectivity index (χ4v) is 2.03. The molecule has 0 saturated carbocycles. The third-order valence-electron chi connectivity index (χ3n) is 3.26. The van der Waals surface area contributed by atoms with Gasteiger partial charge < -0.3 is 14.9 Å². The van der Waals surface area contributed by atoms with Crippen LogP contribution in [-0.2, 0) is 16.0 Å². The van der Waals surface area contributed by atoms with E-state index in [1.54, 1.807) is 6.92 Å². The lowest BCUT2D eigenvalue weighted by Gasteiger charge is -2.13. The number of amides is 1. The molecule has 0 radical (unpaired) electrons. The highest BCUT2D eigenvalue weighted by Crippen LogP contribution is 2.14. The van der Waals surface area contributed by atoms with E-state index in [1.165, 1.54) is 0 Å². The van der Waals surface area contributed by atoms with E-state index in [0.29, 0.717) is 18.6 Å². The minimum Gasteiger partial charge on any atom is -0.480 e. The summed E-state index contributed by atoms with van der Waals surface area (Å²) in [5.41, 5.74) is 1.69. The van der Waals surface area contributed by atoms with Crippen LogP contribution in [0.5, 0.6) is 0 Å². The molecule has 1 amide bonds. The van der Waals surface area contributed by atoms with Gasteiger partial charge in [0.25, 0.3) is 0 Å². The number of aryl methyl sites for hydroxylation is 2. The fraction of sp³-hybridized carbons (Fsp3) is 0.643. The summed E-state index contributed by atoms with van der Waals surface area (Å²) in [6.45, 7) is 5.61. The number of hydrogen-bond acceptors (Lipinski definition) is 4. The monoisotopic (exact) mass is 282 g/mol. The molecule has 0 aliphatic carbocycles. The van der Waals surface area contributed by atoms with Crippen molar-refractivity contribution in [1.82, 2.24) is 10.5 Å². The SMILES string of the molecule is CCCCC(NC(=O)CCc1c(C)noc1C)C(=O)O. The van der Waals surface area contributed by atoms with Gasteiger partial charge in [-0.3, -0.25) is 4.79 Å². The molecule has 0 spiro atoms. The Morgan fingerprint density at radius 3 is 2.60 bits per heavy atom.